The highest BCUT2D eigenvalue weighted by atomic mass is 16.7. The molecular weight excluding hydrogens is 1100 g/mol. The number of ketones is 1. The second-order valence-electron chi connectivity index (χ2n) is 20.8. The predicted octanol–water partition coefficient (Wildman–Crippen LogP) is 2.12. The van der Waals surface area contributed by atoms with Gasteiger partial charge in [-0.1, -0.05) is 18.2 Å². The molecule has 26 nitrogen and oxygen atoms in total. The van der Waals surface area contributed by atoms with E-state index >= 15 is 0 Å². The molecule has 5 aliphatic heterocycles. The number of rotatable bonds is 11. The Kier molecular flexibility index (Phi) is 14.8. The third-order valence-corrected chi connectivity index (χ3v) is 15.7. The molecule has 5 aliphatic rings. The van der Waals surface area contributed by atoms with Crippen LogP contribution in [0.4, 0.5) is 0 Å². The van der Waals surface area contributed by atoms with E-state index in [0.717, 1.165) is 54.6 Å². The van der Waals surface area contributed by atoms with Gasteiger partial charge in [0.25, 0.3) is 0 Å². The van der Waals surface area contributed by atoms with Gasteiger partial charge < -0.3 is 125 Å². The monoisotopic (exact) mass is 1160 g/mol. The number of aliphatic hydroxyl groups is 8. The zero-order valence-corrected chi connectivity index (χ0v) is 43.0. The van der Waals surface area contributed by atoms with Crippen LogP contribution in [0.3, 0.4) is 0 Å². The standard InChI is InChI=1S/C57H56O26/c58-17-41-48(71)50(73)52(75)56(82-41)80-39-11-22(60)10-38-45(39)23(12-35(77-38)19-1-4-25(61)28(64)7-19)43-33(69)16-40(81-57-53(76)51(74)49(72)42(18-59)83-57)46-24(13-36(78-54(43)46)20-2-5-26(62)29(65)8-20)44-31(67)14-32(68)47-34(70)15-37(79-55(44)47)21-3-6-27(63)30(66)9-21/h1-11,14,16,23-24,35-37,41-42,48-53,56-69,71-76H,12-13,15,17-18H2/t23-,24-,35+,36+,37-,41-,42+,48-,49+,50+,51+,52-,53-,56-,57-/m1/s1. The molecule has 15 atom stereocenters. The summed E-state index contributed by atoms with van der Waals surface area (Å²) in [5.41, 5.74) is -0.796. The maximum Gasteiger partial charge on any atom is 0.229 e. The molecule has 11 rings (SSSR count). The summed E-state index contributed by atoms with van der Waals surface area (Å²) in [6.07, 6.45) is -23.8. The van der Waals surface area contributed by atoms with Crippen molar-refractivity contribution in [3.63, 3.8) is 0 Å². The first-order valence-electron chi connectivity index (χ1n) is 25.9. The molecule has 0 radical (unpaired) electrons. The maximum absolute atomic E-state index is 14.4. The lowest BCUT2D eigenvalue weighted by Crippen LogP contribution is -2.60. The summed E-state index contributed by atoms with van der Waals surface area (Å²) in [6.45, 7) is -1.78. The van der Waals surface area contributed by atoms with E-state index in [2.05, 4.69) is 0 Å². The molecule has 2 fully saturated rings. The number of carbonyl (C=O) groups is 1. The zero-order valence-electron chi connectivity index (χ0n) is 43.0. The lowest BCUT2D eigenvalue weighted by atomic mass is 9.75. The van der Waals surface area contributed by atoms with E-state index in [9.17, 15) is 96.7 Å². The number of fused-ring (bicyclic) bond motifs is 3. The molecule has 0 bridgehead atoms. The van der Waals surface area contributed by atoms with Crippen LogP contribution in [0.2, 0.25) is 0 Å². The first kappa shape index (κ1) is 56.5. The number of aromatic hydroxyl groups is 10. The van der Waals surface area contributed by atoms with E-state index in [-0.39, 0.29) is 56.9 Å². The van der Waals surface area contributed by atoms with Gasteiger partial charge in [0, 0.05) is 71.2 Å². The number of carbonyl (C=O) groups excluding carboxylic acids is 1. The Morgan fingerprint density at radius 1 is 0.422 bits per heavy atom. The quantitative estimate of drug-likeness (QED) is 0.0826. The summed E-state index contributed by atoms with van der Waals surface area (Å²) in [5.74, 6) is -11.7. The van der Waals surface area contributed by atoms with Gasteiger partial charge in [-0.05, 0) is 53.1 Å². The molecule has 2 saturated heterocycles. The predicted molar refractivity (Wildman–Crippen MR) is 276 cm³/mol. The lowest BCUT2D eigenvalue weighted by Gasteiger charge is -2.42. The lowest BCUT2D eigenvalue weighted by molar-refractivity contribution is -0.277. The van der Waals surface area contributed by atoms with Gasteiger partial charge in [-0.2, -0.15) is 0 Å². The third kappa shape index (κ3) is 9.96. The largest absolute Gasteiger partial charge is 0.508 e. The van der Waals surface area contributed by atoms with Crippen molar-refractivity contribution in [1.82, 2.24) is 0 Å². The molecular formula is C57H56O26. The topological polar surface area (TPSA) is 446 Å². The highest BCUT2D eigenvalue weighted by Gasteiger charge is 2.50. The molecule has 0 spiro atoms. The van der Waals surface area contributed by atoms with Crippen LogP contribution >= 0.6 is 0 Å². The molecule has 83 heavy (non-hydrogen) atoms. The fourth-order valence-corrected chi connectivity index (χ4v) is 11.5. The van der Waals surface area contributed by atoms with Crippen LogP contribution in [0, 0.1) is 0 Å². The van der Waals surface area contributed by atoms with Crippen LogP contribution in [0.15, 0.2) is 78.9 Å². The van der Waals surface area contributed by atoms with Crippen molar-refractivity contribution < 1.29 is 130 Å². The molecule has 0 aromatic heterocycles. The number of hydrogen-bond acceptors (Lipinski definition) is 26. The summed E-state index contributed by atoms with van der Waals surface area (Å²) in [6, 6.07) is 15.1. The Morgan fingerprint density at radius 2 is 0.867 bits per heavy atom. The number of phenols is 10. The Bertz CT molecular complexity index is 3490. The van der Waals surface area contributed by atoms with Gasteiger partial charge in [-0.3, -0.25) is 4.79 Å². The molecule has 440 valence electrons. The van der Waals surface area contributed by atoms with Crippen LogP contribution in [0.5, 0.6) is 86.2 Å². The molecule has 18 N–H and O–H groups in total. The summed E-state index contributed by atoms with van der Waals surface area (Å²) < 4.78 is 44.1. The van der Waals surface area contributed by atoms with Crippen LogP contribution in [-0.2, 0) is 9.47 Å². The van der Waals surface area contributed by atoms with E-state index in [1.54, 1.807) is 0 Å². The summed E-state index contributed by atoms with van der Waals surface area (Å²) in [5, 5.41) is 198. The molecule has 0 unspecified atom stereocenters. The number of benzene rings is 6. The number of hydrogen-bond donors (Lipinski definition) is 18. The van der Waals surface area contributed by atoms with E-state index in [1.165, 1.54) is 24.3 Å². The van der Waals surface area contributed by atoms with E-state index < -0.39 is 204 Å². The molecule has 6 aromatic carbocycles. The second kappa shape index (κ2) is 21.7. The molecule has 26 heteroatoms. The zero-order chi connectivity index (χ0) is 59.2. The number of ether oxygens (including phenoxy) is 7. The first-order valence-corrected chi connectivity index (χ1v) is 25.9. The molecule has 0 aliphatic carbocycles. The van der Waals surface area contributed by atoms with E-state index in [4.69, 9.17) is 33.2 Å². The Hall–Kier alpha value is -8.41. The van der Waals surface area contributed by atoms with Crippen molar-refractivity contribution in [3.8, 4) is 86.2 Å². The molecule has 0 amide bonds. The van der Waals surface area contributed by atoms with Crippen molar-refractivity contribution in [2.24, 2.45) is 0 Å². The van der Waals surface area contributed by atoms with Crippen molar-refractivity contribution in [1.29, 1.82) is 0 Å². The first-order chi connectivity index (χ1) is 39.5. The second-order valence-corrected chi connectivity index (χ2v) is 20.8. The molecule has 5 heterocycles. The Balaban J connectivity index is 1.19. The normalized spacial score (nSPS) is 29.3. The van der Waals surface area contributed by atoms with Gasteiger partial charge in [0.2, 0.25) is 12.6 Å². The minimum Gasteiger partial charge on any atom is -0.508 e. The van der Waals surface area contributed by atoms with Crippen LogP contribution in [-0.4, -0.2) is 172 Å². The van der Waals surface area contributed by atoms with Crippen molar-refractivity contribution in [2.45, 2.75) is 111 Å². The highest BCUT2D eigenvalue weighted by Crippen LogP contribution is 2.63. The highest BCUT2D eigenvalue weighted by molar-refractivity contribution is 6.03. The molecule has 6 aromatic rings. The number of phenolic OH excluding ortho intramolecular Hbond substituents is 10. The smallest absolute Gasteiger partial charge is 0.229 e. The van der Waals surface area contributed by atoms with Gasteiger partial charge in [0.1, 0.15) is 124 Å². The molecule has 0 saturated carbocycles. The van der Waals surface area contributed by atoms with E-state index in [1.807, 2.05) is 0 Å². The average molecular weight is 1160 g/mol. The summed E-state index contributed by atoms with van der Waals surface area (Å²) >= 11 is 0. The SMILES string of the molecule is O=C1C[C@H](c2ccc(O)c(O)c2)Oc2c1c(O)cc(O)c2[C@H]1C[C@@H](c2ccc(O)c(O)c2)Oc2c([C@H]3C[C@@H](c4ccc(O)c(O)c4)Oc4cc(O)cc(O[C@@H]5O[C@H](CO)[C@@H](O)[C@H](O)[C@H]5O)c43)c(O)cc(O[C@@H]3O[C@@H](CO)[C@H](O)[C@H](O)[C@H]3O)c21. The van der Waals surface area contributed by atoms with Gasteiger partial charge in [-0.15, -0.1) is 0 Å². The average Bonchev–Trinajstić information content (AvgIpc) is 1.21. The van der Waals surface area contributed by atoms with Crippen molar-refractivity contribution in [2.75, 3.05) is 13.2 Å². The van der Waals surface area contributed by atoms with Crippen LogP contribution in [0.1, 0.15) is 98.7 Å². The van der Waals surface area contributed by atoms with Gasteiger partial charge in [0.15, 0.2) is 40.3 Å². The maximum atomic E-state index is 14.4. The van der Waals surface area contributed by atoms with Crippen molar-refractivity contribution >= 4 is 5.78 Å². The van der Waals surface area contributed by atoms with Gasteiger partial charge in [-0.25, -0.2) is 0 Å². The third-order valence-electron chi connectivity index (χ3n) is 15.7. The van der Waals surface area contributed by atoms with Crippen LogP contribution in [0.25, 0.3) is 0 Å². The van der Waals surface area contributed by atoms with E-state index in [0.29, 0.717) is 0 Å². The summed E-state index contributed by atoms with van der Waals surface area (Å²) in [7, 11) is 0. The summed E-state index contributed by atoms with van der Waals surface area (Å²) in [4.78, 5) is 14.4. The number of Topliss-reactive ketones (excluding diaryl/α,β-unsaturated/α-hetero) is 1. The minimum atomic E-state index is -2.10. The van der Waals surface area contributed by atoms with Gasteiger partial charge in [0.05, 0.1) is 19.6 Å². The Labute approximate surface area is 468 Å². The van der Waals surface area contributed by atoms with Gasteiger partial charge >= 0.3 is 0 Å². The van der Waals surface area contributed by atoms with Crippen LogP contribution < -0.4 is 23.7 Å². The minimum absolute atomic E-state index is 0.0811. The fraction of sp³-hybridized carbons (Fsp3) is 0.351. The fourth-order valence-electron chi connectivity index (χ4n) is 11.5. The Morgan fingerprint density at radius 3 is 1.37 bits per heavy atom. The van der Waals surface area contributed by atoms with Crippen molar-refractivity contribution in [3.05, 3.63) is 123 Å². The number of aliphatic hydroxyl groups excluding tert-OH is 8.